The smallest absolute Gasteiger partial charge is 0.357 e. The van der Waals surface area contributed by atoms with Crippen LogP contribution in [0, 0.1) is 6.92 Å². The predicted octanol–water partition coefficient (Wildman–Crippen LogP) is 1.97. The lowest BCUT2D eigenvalue weighted by Crippen LogP contribution is -2.40. The van der Waals surface area contributed by atoms with E-state index >= 15 is 0 Å². The number of nitrogens with zero attached hydrogens (tertiary/aromatic N) is 1. The number of nitrogens with one attached hydrogen (secondary N) is 3. The van der Waals surface area contributed by atoms with Crippen molar-refractivity contribution in [3.63, 3.8) is 0 Å². The van der Waals surface area contributed by atoms with Gasteiger partial charge in [-0.3, -0.25) is 14.5 Å². The summed E-state index contributed by atoms with van der Waals surface area (Å²) in [6.07, 6.45) is 2.81. The van der Waals surface area contributed by atoms with E-state index in [9.17, 15) is 13.2 Å². The lowest BCUT2D eigenvalue weighted by atomic mass is 10.2. The zero-order valence-electron chi connectivity index (χ0n) is 13.9. The summed E-state index contributed by atoms with van der Waals surface area (Å²) in [5.41, 5.74) is 2.39. The number of carbonyl (C=O) groups excluding carboxylic acids is 1. The zero-order chi connectivity index (χ0) is 18.4. The number of aryl methyl sites for hydroxylation is 1. The maximum absolute atomic E-state index is 12.1. The fourth-order valence-corrected chi connectivity index (χ4v) is 2.88. The monoisotopic (exact) mass is 364 g/mol. The van der Waals surface area contributed by atoms with Gasteiger partial charge in [-0.05, 0) is 37.6 Å². The summed E-state index contributed by atoms with van der Waals surface area (Å²) in [5.74, 6) is 0. The van der Waals surface area contributed by atoms with Gasteiger partial charge in [0.25, 0.3) is 0 Å². The van der Waals surface area contributed by atoms with Crippen molar-refractivity contribution in [2.75, 3.05) is 16.6 Å². The maximum Gasteiger partial charge on any atom is 0.357 e. The summed E-state index contributed by atoms with van der Waals surface area (Å²) >= 11 is 0. The number of aliphatic hydroxyl groups is 1. The first-order valence-electron chi connectivity index (χ1n) is 7.53. The van der Waals surface area contributed by atoms with E-state index in [-0.39, 0.29) is 12.3 Å². The molecule has 0 fully saturated rings. The molecule has 134 valence electrons. The average molecular weight is 364 g/mol. The van der Waals surface area contributed by atoms with Crippen LogP contribution in [0.2, 0.25) is 0 Å². The third-order valence-corrected chi connectivity index (χ3v) is 4.34. The van der Waals surface area contributed by atoms with Gasteiger partial charge in [-0.15, -0.1) is 0 Å². The molecule has 25 heavy (non-hydrogen) atoms. The molecule has 0 aliphatic heterocycles. The quantitative estimate of drug-likeness (QED) is 0.622. The Hall–Kier alpha value is -2.65. The van der Waals surface area contributed by atoms with Crippen molar-refractivity contribution < 1.29 is 18.3 Å². The summed E-state index contributed by atoms with van der Waals surface area (Å²) in [7, 11) is -4.33. The minimum Gasteiger partial charge on any atom is -0.394 e. The molecule has 1 unspecified atom stereocenters. The highest BCUT2D eigenvalue weighted by Gasteiger charge is 2.24. The SMILES string of the molecule is Cc1cccc(Nc2ccncc2NS(=O)(=O)C(=O)NC(C)CO)c1. The molecule has 1 amide bonds. The third kappa shape index (κ3) is 5.16. The second-order valence-corrected chi connectivity index (χ2v) is 7.12. The van der Waals surface area contributed by atoms with Crippen LogP contribution < -0.4 is 15.4 Å². The number of anilines is 3. The van der Waals surface area contributed by atoms with E-state index in [1.165, 1.54) is 19.3 Å². The number of hydrogen-bond donors (Lipinski definition) is 4. The van der Waals surface area contributed by atoms with Crippen LogP contribution in [0.1, 0.15) is 12.5 Å². The number of hydrogen-bond acceptors (Lipinski definition) is 6. The van der Waals surface area contributed by atoms with Gasteiger partial charge in [0.05, 0.1) is 30.2 Å². The Morgan fingerprint density at radius 3 is 2.72 bits per heavy atom. The molecular formula is C16H20N4O4S. The van der Waals surface area contributed by atoms with E-state index in [1.807, 2.05) is 31.2 Å². The molecule has 0 spiro atoms. The predicted molar refractivity (Wildman–Crippen MR) is 96.3 cm³/mol. The van der Waals surface area contributed by atoms with Gasteiger partial charge in [0, 0.05) is 11.9 Å². The van der Waals surface area contributed by atoms with Gasteiger partial charge < -0.3 is 15.7 Å². The number of rotatable bonds is 6. The lowest BCUT2D eigenvalue weighted by molar-refractivity contribution is 0.234. The summed E-state index contributed by atoms with van der Waals surface area (Å²) < 4.78 is 26.5. The second-order valence-electron chi connectivity index (χ2n) is 5.54. The Kier molecular flexibility index (Phi) is 5.94. The van der Waals surface area contributed by atoms with Crippen molar-refractivity contribution in [1.29, 1.82) is 0 Å². The normalized spacial score (nSPS) is 12.3. The highest BCUT2D eigenvalue weighted by molar-refractivity contribution is 8.07. The van der Waals surface area contributed by atoms with Crippen molar-refractivity contribution in [2.24, 2.45) is 0 Å². The molecule has 1 atom stereocenters. The van der Waals surface area contributed by atoms with Crippen LogP contribution >= 0.6 is 0 Å². The Balaban J connectivity index is 2.21. The second kappa shape index (κ2) is 7.95. The van der Waals surface area contributed by atoms with Crippen LogP contribution in [-0.4, -0.2) is 36.4 Å². The number of aliphatic hydroxyl groups excluding tert-OH is 1. The van der Waals surface area contributed by atoms with Gasteiger partial charge >= 0.3 is 15.3 Å². The van der Waals surface area contributed by atoms with E-state index < -0.39 is 21.3 Å². The van der Waals surface area contributed by atoms with E-state index in [0.29, 0.717) is 5.69 Å². The lowest BCUT2D eigenvalue weighted by Gasteiger charge is -2.15. The molecule has 1 aromatic carbocycles. The van der Waals surface area contributed by atoms with Crippen LogP contribution in [0.5, 0.6) is 0 Å². The zero-order valence-corrected chi connectivity index (χ0v) is 14.7. The van der Waals surface area contributed by atoms with Crippen molar-refractivity contribution in [3.05, 3.63) is 48.3 Å². The molecule has 1 aromatic heterocycles. The van der Waals surface area contributed by atoms with E-state index in [0.717, 1.165) is 11.3 Å². The van der Waals surface area contributed by atoms with Crippen molar-refractivity contribution >= 4 is 32.3 Å². The molecule has 8 nitrogen and oxygen atoms in total. The third-order valence-electron chi connectivity index (χ3n) is 3.24. The van der Waals surface area contributed by atoms with Crippen molar-refractivity contribution in [2.45, 2.75) is 19.9 Å². The molecule has 0 saturated heterocycles. The maximum atomic E-state index is 12.1. The Morgan fingerprint density at radius 1 is 1.28 bits per heavy atom. The van der Waals surface area contributed by atoms with Crippen LogP contribution in [-0.2, 0) is 10.0 Å². The number of pyridine rings is 1. The summed E-state index contributed by atoms with van der Waals surface area (Å²) in [4.78, 5) is 15.7. The minimum absolute atomic E-state index is 0.135. The van der Waals surface area contributed by atoms with Gasteiger partial charge in [-0.2, -0.15) is 8.42 Å². The van der Waals surface area contributed by atoms with Gasteiger partial charge in [0.2, 0.25) is 0 Å². The van der Waals surface area contributed by atoms with E-state index in [1.54, 1.807) is 6.07 Å². The van der Waals surface area contributed by atoms with Crippen LogP contribution in [0.25, 0.3) is 0 Å². The molecule has 0 bridgehead atoms. The molecule has 0 radical (unpaired) electrons. The summed E-state index contributed by atoms with van der Waals surface area (Å²) in [6, 6.07) is 8.45. The molecule has 9 heteroatoms. The van der Waals surface area contributed by atoms with E-state index in [2.05, 4.69) is 20.3 Å². The standard InChI is InChI=1S/C16H20N4O4S/c1-11-4-3-5-13(8-11)19-14-6-7-17-9-15(14)20-25(23,24)16(22)18-12(2)10-21/h3-9,12,20-21H,10H2,1-2H3,(H,17,19)(H,18,22). The van der Waals surface area contributed by atoms with E-state index in [4.69, 9.17) is 5.11 Å². The number of amides is 1. The summed E-state index contributed by atoms with van der Waals surface area (Å²) in [6.45, 7) is 3.06. The highest BCUT2D eigenvalue weighted by atomic mass is 32.2. The summed E-state index contributed by atoms with van der Waals surface area (Å²) in [5, 5.41) is 13.0. The number of benzene rings is 1. The van der Waals surface area contributed by atoms with Crippen LogP contribution in [0.4, 0.5) is 21.9 Å². The topological polar surface area (TPSA) is 120 Å². The average Bonchev–Trinajstić information content (AvgIpc) is 2.56. The number of aromatic nitrogens is 1. The van der Waals surface area contributed by atoms with Gasteiger partial charge in [0.15, 0.2) is 0 Å². The first kappa shape index (κ1) is 18.7. The van der Waals surface area contributed by atoms with Crippen LogP contribution in [0.3, 0.4) is 0 Å². The highest BCUT2D eigenvalue weighted by Crippen LogP contribution is 2.25. The molecule has 0 aliphatic carbocycles. The number of sulfonamides is 1. The Morgan fingerprint density at radius 2 is 2.04 bits per heavy atom. The minimum atomic E-state index is -4.33. The largest absolute Gasteiger partial charge is 0.394 e. The molecule has 4 N–H and O–H groups in total. The molecule has 2 rings (SSSR count). The first-order valence-corrected chi connectivity index (χ1v) is 9.02. The van der Waals surface area contributed by atoms with Gasteiger partial charge in [-0.25, -0.2) is 0 Å². The molecule has 0 aliphatic rings. The van der Waals surface area contributed by atoms with Crippen LogP contribution in [0.15, 0.2) is 42.7 Å². The fourth-order valence-electron chi connectivity index (χ4n) is 1.98. The van der Waals surface area contributed by atoms with Crippen molar-refractivity contribution in [1.82, 2.24) is 10.3 Å². The first-order chi connectivity index (χ1) is 11.8. The Bertz CT molecular complexity index is 855. The van der Waals surface area contributed by atoms with Gasteiger partial charge in [-0.1, -0.05) is 12.1 Å². The molecule has 0 saturated carbocycles. The van der Waals surface area contributed by atoms with Gasteiger partial charge in [0.1, 0.15) is 0 Å². The molecule has 2 aromatic rings. The number of carbonyl (C=O) groups is 1. The molecule has 1 heterocycles. The fraction of sp³-hybridized carbons (Fsp3) is 0.250. The Labute approximate surface area is 146 Å². The van der Waals surface area contributed by atoms with Crippen molar-refractivity contribution in [3.8, 4) is 0 Å². The molecular weight excluding hydrogens is 344 g/mol.